The number of hydrogen-bond acceptors (Lipinski definition) is 4. The second-order valence-electron chi connectivity index (χ2n) is 3.23. The molecule has 5 nitrogen and oxygen atoms in total. The smallest absolute Gasteiger partial charge is 0.374 e. The second kappa shape index (κ2) is 4.25. The molecule has 88 valence electrons. The monoisotopic (exact) mass is 236 g/mol. The summed E-state index contributed by atoms with van der Waals surface area (Å²) in [5.74, 6) is -2.23. The van der Waals surface area contributed by atoms with Crippen LogP contribution in [-0.4, -0.2) is 23.1 Å². The molecule has 0 aliphatic rings. The van der Waals surface area contributed by atoms with Crippen LogP contribution in [0, 0.1) is 5.82 Å². The van der Waals surface area contributed by atoms with Gasteiger partial charge in [-0.2, -0.15) is 4.98 Å². The summed E-state index contributed by atoms with van der Waals surface area (Å²) >= 11 is 0. The zero-order chi connectivity index (χ0) is 12.4. The van der Waals surface area contributed by atoms with Crippen molar-refractivity contribution >= 4 is 12.0 Å². The third kappa shape index (κ3) is 1.96. The Balaban J connectivity index is 2.62. The molecule has 0 aliphatic carbocycles. The van der Waals surface area contributed by atoms with Gasteiger partial charge in [-0.25, -0.2) is 9.18 Å². The van der Waals surface area contributed by atoms with E-state index in [4.69, 9.17) is 9.52 Å². The molecule has 0 amide bonds. The van der Waals surface area contributed by atoms with E-state index in [1.54, 1.807) is 6.07 Å². The Morgan fingerprint density at radius 1 is 1.47 bits per heavy atom. The van der Waals surface area contributed by atoms with Gasteiger partial charge in [0.05, 0.1) is 0 Å². The summed E-state index contributed by atoms with van der Waals surface area (Å²) in [6.45, 7) is 0. The van der Waals surface area contributed by atoms with E-state index in [9.17, 15) is 9.18 Å². The van der Waals surface area contributed by atoms with E-state index in [0.717, 1.165) is 0 Å². The molecule has 0 spiro atoms. The molecule has 6 heteroatoms. The van der Waals surface area contributed by atoms with Crippen LogP contribution in [0.25, 0.3) is 11.3 Å². The van der Waals surface area contributed by atoms with Gasteiger partial charge in [-0.05, 0) is 12.1 Å². The topological polar surface area (TPSA) is 75.4 Å². The molecule has 0 fully saturated rings. The predicted octanol–water partition coefficient (Wildman–Crippen LogP) is 2.22. The molecule has 17 heavy (non-hydrogen) atoms. The maximum Gasteiger partial charge on any atom is 0.374 e. The molecule has 1 heterocycles. The molecule has 0 saturated heterocycles. The standard InChI is InChI=1S/C11H9FN2O3/c1-13-11-14-8(9(17-11)10(15)16)6-4-2-3-5-7(6)12/h2-5H,1H3,(H,13,14)(H,15,16). The predicted molar refractivity (Wildman–Crippen MR) is 58.4 cm³/mol. The van der Waals surface area contributed by atoms with Gasteiger partial charge in [0.2, 0.25) is 5.76 Å². The second-order valence-corrected chi connectivity index (χ2v) is 3.23. The fraction of sp³-hybridized carbons (Fsp3) is 0.0909. The number of carboxylic acids is 1. The maximum atomic E-state index is 13.5. The van der Waals surface area contributed by atoms with Crippen LogP contribution in [0.4, 0.5) is 10.4 Å². The Hall–Kier alpha value is -2.37. The van der Waals surface area contributed by atoms with Gasteiger partial charge < -0.3 is 14.8 Å². The number of halogens is 1. The summed E-state index contributed by atoms with van der Waals surface area (Å²) in [5.41, 5.74) is 0.0649. The van der Waals surface area contributed by atoms with Crippen molar-refractivity contribution in [2.45, 2.75) is 0 Å². The van der Waals surface area contributed by atoms with Crippen molar-refractivity contribution in [3.8, 4) is 11.3 Å². The molecule has 0 saturated carbocycles. The number of hydrogen-bond donors (Lipinski definition) is 2. The lowest BCUT2D eigenvalue weighted by Gasteiger charge is -1.98. The SMILES string of the molecule is CNc1nc(-c2ccccc2F)c(C(=O)O)o1. The number of nitrogens with one attached hydrogen (secondary N) is 1. The molecule has 2 rings (SSSR count). The van der Waals surface area contributed by atoms with Crippen molar-refractivity contribution in [2.24, 2.45) is 0 Å². The molecule has 0 aliphatic heterocycles. The number of rotatable bonds is 3. The Labute approximate surface area is 95.9 Å². The fourth-order valence-corrected chi connectivity index (χ4v) is 1.41. The first-order valence-corrected chi connectivity index (χ1v) is 4.80. The van der Waals surface area contributed by atoms with Crippen LogP contribution in [0.3, 0.4) is 0 Å². The van der Waals surface area contributed by atoms with Crippen LogP contribution in [0.2, 0.25) is 0 Å². The molecule has 0 bridgehead atoms. The first-order valence-electron chi connectivity index (χ1n) is 4.80. The van der Waals surface area contributed by atoms with Crippen LogP contribution in [0.5, 0.6) is 0 Å². The third-order valence-corrected chi connectivity index (χ3v) is 2.16. The first kappa shape index (κ1) is 11.1. The van der Waals surface area contributed by atoms with E-state index in [0.29, 0.717) is 0 Å². The largest absolute Gasteiger partial charge is 0.475 e. The molecular formula is C11H9FN2O3. The molecule has 2 N–H and O–H groups in total. The Bertz CT molecular complexity index is 566. The maximum absolute atomic E-state index is 13.5. The molecule has 0 radical (unpaired) electrons. The van der Waals surface area contributed by atoms with E-state index < -0.39 is 11.8 Å². The van der Waals surface area contributed by atoms with E-state index in [1.165, 1.54) is 25.2 Å². The van der Waals surface area contributed by atoms with Crippen LogP contribution in [0.1, 0.15) is 10.6 Å². The summed E-state index contributed by atoms with van der Waals surface area (Å²) in [6.07, 6.45) is 0. The summed E-state index contributed by atoms with van der Waals surface area (Å²) in [4.78, 5) is 14.8. The van der Waals surface area contributed by atoms with Crippen LogP contribution >= 0.6 is 0 Å². The third-order valence-electron chi connectivity index (χ3n) is 2.16. The average Bonchev–Trinajstić information content (AvgIpc) is 2.73. The molecule has 1 aromatic carbocycles. The number of benzene rings is 1. The highest BCUT2D eigenvalue weighted by Crippen LogP contribution is 2.27. The highest BCUT2D eigenvalue weighted by Gasteiger charge is 2.22. The summed E-state index contributed by atoms with van der Waals surface area (Å²) in [6, 6.07) is 5.81. The highest BCUT2D eigenvalue weighted by atomic mass is 19.1. The number of carbonyl (C=O) groups is 1. The summed E-state index contributed by atoms with van der Waals surface area (Å²) in [7, 11) is 1.53. The zero-order valence-electron chi connectivity index (χ0n) is 8.90. The molecule has 0 atom stereocenters. The minimum absolute atomic E-state index is 0.0278. The molecule has 2 aromatic rings. The van der Waals surface area contributed by atoms with Gasteiger partial charge in [0.1, 0.15) is 11.5 Å². The normalized spacial score (nSPS) is 10.2. The van der Waals surface area contributed by atoms with Gasteiger partial charge >= 0.3 is 5.97 Å². The zero-order valence-corrected chi connectivity index (χ0v) is 8.90. The Morgan fingerprint density at radius 2 is 2.18 bits per heavy atom. The van der Waals surface area contributed by atoms with Crippen molar-refractivity contribution in [1.82, 2.24) is 4.98 Å². The van der Waals surface area contributed by atoms with Crippen LogP contribution < -0.4 is 5.32 Å². The van der Waals surface area contributed by atoms with E-state index >= 15 is 0 Å². The van der Waals surface area contributed by atoms with E-state index in [-0.39, 0.29) is 23.0 Å². The van der Waals surface area contributed by atoms with E-state index in [1.807, 2.05) is 0 Å². The number of anilines is 1. The minimum Gasteiger partial charge on any atom is -0.475 e. The van der Waals surface area contributed by atoms with Crippen molar-refractivity contribution in [2.75, 3.05) is 12.4 Å². The van der Waals surface area contributed by atoms with Crippen molar-refractivity contribution in [3.63, 3.8) is 0 Å². The lowest BCUT2D eigenvalue weighted by molar-refractivity contribution is 0.0665. The van der Waals surface area contributed by atoms with Gasteiger partial charge in [-0.1, -0.05) is 12.1 Å². The number of carboxylic acid groups (broad SMARTS) is 1. The number of aromatic nitrogens is 1. The fourth-order valence-electron chi connectivity index (χ4n) is 1.41. The van der Waals surface area contributed by atoms with Gasteiger partial charge in [0, 0.05) is 12.6 Å². The van der Waals surface area contributed by atoms with E-state index in [2.05, 4.69) is 10.3 Å². The minimum atomic E-state index is -1.29. The number of aromatic carboxylic acids is 1. The van der Waals surface area contributed by atoms with Crippen LogP contribution in [0.15, 0.2) is 28.7 Å². The summed E-state index contributed by atoms with van der Waals surface area (Å²) < 4.78 is 18.5. The molecular weight excluding hydrogens is 227 g/mol. The summed E-state index contributed by atoms with van der Waals surface area (Å²) in [5, 5.41) is 11.5. The lowest BCUT2D eigenvalue weighted by Crippen LogP contribution is -1.97. The van der Waals surface area contributed by atoms with Gasteiger partial charge in [-0.15, -0.1) is 0 Å². The van der Waals surface area contributed by atoms with Crippen molar-refractivity contribution in [1.29, 1.82) is 0 Å². The number of oxazole rings is 1. The highest BCUT2D eigenvalue weighted by molar-refractivity contribution is 5.92. The van der Waals surface area contributed by atoms with Gasteiger partial charge in [0.15, 0.2) is 0 Å². The molecule has 1 aromatic heterocycles. The quantitative estimate of drug-likeness (QED) is 0.854. The Kier molecular flexibility index (Phi) is 2.78. The van der Waals surface area contributed by atoms with Crippen LogP contribution in [-0.2, 0) is 0 Å². The lowest BCUT2D eigenvalue weighted by atomic mass is 10.1. The van der Waals surface area contributed by atoms with Crippen molar-refractivity contribution in [3.05, 3.63) is 35.8 Å². The molecule has 0 unspecified atom stereocenters. The first-order chi connectivity index (χ1) is 8.13. The van der Waals surface area contributed by atoms with Crippen molar-refractivity contribution < 1.29 is 18.7 Å². The Morgan fingerprint density at radius 3 is 2.76 bits per heavy atom. The average molecular weight is 236 g/mol. The number of nitrogens with zero attached hydrogens (tertiary/aromatic N) is 1. The van der Waals surface area contributed by atoms with Gasteiger partial charge in [-0.3, -0.25) is 0 Å². The van der Waals surface area contributed by atoms with Gasteiger partial charge in [0.25, 0.3) is 6.01 Å².